The summed E-state index contributed by atoms with van der Waals surface area (Å²) in [6.45, 7) is 5.67. The van der Waals surface area contributed by atoms with Crippen molar-refractivity contribution in [1.82, 2.24) is 10.5 Å². The van der Waals surface area contributed by atoms with E-state index >= 15 is 0 Å². The number of amides is 1. The standard InChI is InChI=1S/C19H22N2O6/c1-11-15(12(2)27-21-11)5-7-18(22)26-13(3)19(23)20-9-14-4-6-16-17(8-14)25-10-24-16/h4,6,8,13H,5,7,9-10H2,1-3H3,(H,20,23)/t13-/m1/s1. The lowest BCUT2D eigenvalue weighted by atomic mass is 10.1. The van der Waals surface area contributed by atoms with E-state index in [1.807, 2.05) is 19.1 Å². The lowest BCUT2D eigenvalue weighted by Crippen LogP contribution is -2.35. The molecule has 0 radical (unpaired) electrons. The molecule has 144 valence electrons. The molecule has 1 aromatic heterocycles. The summed E-state index contributed by atoms with van der Waals surface area (Å²) in [6.07, 6.45) is -0.259. The Morgan fingerprint density at radius 2 is 2.04 bits per heavy atom. The van der Waals surface area contributed by atoms with E-state index in [1.165, 1.54) is 0 Å². The summed E-state index contributed by atoms with van der Waals surface area (Å²) in [4.78, 5) is 24.2. The van der Waals surface area contributed by atoms with Gasteiger partial charge in [0.2, 0.25) is 6.79 Å². The third-order valence-corrected chi connectivity index (χ3v) is 4.34. The van der Waals surface area contributed by atoms with Crippen molar-refractivity contribution in [1.29, 1.82) is 0 Å². The number of aryl methyl sites for hydroxylation is 2. The molecular weight excluding hydrogens is 352 g/mol. The van der Waals surface area contributed by atoms with Gasteiger partial charge in [-0.2, -0.15) is 0 Å². The fourth-order valence-corrected chi connectivity index (χ4v) is 2.78. The minimum atomic E-state index is -0.879. The van der Waals surface area contributed by atoms with E-state index in [0.717, 1.165) is 16.8 Å². The van der Waals surface area contributed by atoms with Crippen LogP contribution in [0.15, 0.2) is 22.7 Å². The van der Waals surface area contributed by atoms with Gasteiger partial charge in [0.25, 0.3) is 5.91 Å². The number of nitrogens with one attached hydrogen (secondary N) is 1. The van der Waals surface area contributed by atoms with Crippen molar-refractivity contribution < 1.29 is 28.3 Å². The maximum absolute atomic E-state index is 12.2. The minimum absolute atomic E-state index is 0.155. The quantitative estimate of drug-likeness (QED) is 0.742. The number of hydrogen-bond acceptors (Lipinski definition) is 7. The SMILES string of the molecule is Cc1noc(C)c1CCC(=O)O[C@H](C)C(=O)NCc1ccc2c(c1)OCO2. The molecule has 1 aliphatic heterocycles. The molecule has 0 aliphatic carbocycles. The minimum Gasteiger partial charge on any atom is -0.454 e. The number of nitrogens with zero attached hydrogens (tertiary/aromatic N) is 1. The Morgan fingerprint density at radius 1 is 1.26 bits per heavy atom. The molecule has 1 aromatic carbocycles. The predicted octanol–water partition coefficient (Wildman–Crippen LogP) is 2.20. The van der Waals surface area contributed by atoms with Crippen molar-refractivity contribution in [2.45, 2.75) is 46.3 Å². The molecule has 1 N–H and O–H groups in total. The van der Waals surface area contributed by atoms with Crippen LogP contribution in [0.3, 0.4) is 0 Å². The molecular formula is C19H22N2O6. The summed E-state index contributed by atoms with van der Waals surface area (Å²) in [5.74, 6) is 1.22. The van der Waals surface area contributed by atoms with E-state index in [-0.39, 0.29) is 19.1 Å². The molecule has 3 rings (SSSR count). The zero-order valence-corrected chi connectivity index (χ0v) is 15.5. The number of hydrogen-bond donors (Lipinski definition) is 1. The average molecular weight is 374 g/mol. The second-order valence-corrected chi connectivity index (χ2v) is 6.34. The maximum atomic E-state index is 12.2. The van der Waals surface area contributed by atoms with Crippen LogP contribution in [-0.2, 0) is 27.3 Å². The first-order chi connectivity index (χ1) is 12.9. The molecule has 8 nitrogen and oxygen atoms in total. The first kappa shape index (κ1) is 18.8. The summed E-state index contributed by atoms with van der Waals surface area (Å²) >= 11 is 0. The fraction of sp³-hybridized carbons (Fsp3) is 0.421. The molecule has 0 saturated carbocycles. The normalized spacial score (nSPS) is 13.3. The van der Waals surface area contributed by atoms with Gasteiger partial charge in [0.1, 0.15) is 5.76 Å². The average Bonchev–Trinajstić information content (AvgIpc) is 3.24. The van der Waals surface area contributed by atoms with Gasteiger partial charge in [-0.05, 0) is 44.9 Å². The Kier molecular flexibility index (Phi) is 5.63. The maximum Gasteiger partial charge on any atom is 0.306 e. The second kappa shape index (κ2) is 8.11. The van der Waals surface area contributed by atoms with Crippen LogP contribution in [-0.4, -0.2) is 29.9 Å². The first-order valence-corrected chi connectivity index (χ1v) is 8.71. The van der Waals surface area contributed by atoms with Gasteiger partial charge in [-0.25, -0.2) is 0 Å². The molecule has 1 amide bonds. The Bertz CT molecular complexity index is 825. The Morgan fingerprint density at radius 3 is 2.78 bits per heavy atom. The molecule has 1 aliphatic rings. The van der Waals surface area contributed by atoms with Crippen LogP contribution >= 0.6 is 0 Å². The van der Waals surface area contributed by atoms with Crippen LogP contribution in [0.4, 0.5) is 0 Å². The zero-order valence-electron chi connectivity index (χ0n) is 15.5. The van der Waals surface area contributed by atoms with Crippen molar-refractivity contribution in [3.05, 3.63) is 40.8 Å². The van der Waals surface area contributed by atoms with E-state index in [2.05, 4.69) is 10.5 Å². The zero-order chi connectivity index (χ0) is 19.4. The van der Waals surface area contributed by atoms with Crippen molar-refractivity contribution >= 4 is 11.9 Å². The van der Waals surface area contributed by atoms with Crippen LogP contribution in [0.5, 0.6) is 11.5 Å². The van der Waals surface area contributed by atoms with Crippen LogP contribution in [0.1, 0.15) is 35.9 Å². The van der Waals surface area contributed by atoms with Crippen LogP contribution in [0, 0.1) is 13.8 Å². The van der Waals surface area contributed by atoms with E-state index in [0.29, 0.717) is 30.2 Å². The third kappa shape index (κ3) is 4.58. The summed E-state index contributed by atoms with van der Waals surface area (Å²) in [6, 6.07) is 5.44. The highest BCUT2D eigenvalue weighted by Gasteiger charge is 2.19. The highest BCUT2D eigenvalue weighted by atomic mass is 16.7. The van der Waals surface area contributed by atoms with Gasteiger partial charge in [-0.15, -0.1) is 0 Å². The Balaban J connectivity index is 1.44. The molecule has 2 aromatic rings. The lowest BCUT2D eigenvalue weighted by molar-refractivity contribution is -0.154. The molecule has 1 atom stereocenters. The third-order valence-electron chi connectivity index (χ3n) is 4.34. The summed E-state index contributed by atoms with van der Waals surface area (Å²) < 4.78 is 20.8. The van der Waals surface area contributed by atoms with Gasteiger partial charge in [-0.1, -0.05) is 11.2 Å². The number of carbonyl (C=O) groups excluding carboxylic acids is 2. The van der Waals surface area contributed by atoms with Gasteiger partial charge in [0.15, 0.2) is 17.6 Å². The Hall–Kier alpha value is -3.03. The highest BCUT2D eigenvalue weighted by Crippen LogP contribution is 2.32. The second-order valence-electron chi connectivity index (χ2n) is 6.34. The Labute approximate surface area is 156 Å². The monoisotopic (exact) mass is 374 g/mol. The van der Waals surface area contributed by atoms with E-state index < -0.39 is 12.1 Å². The number of ether oxygens (including phenoxy) is 3. The van der Waals surface area contributed by atoms with Crippen molar-refractivity contribution in [3.8, 4) is 11.5 Å². The van der Waals surface area contributed by atoms with Crippen molar-refractivity contribution in [2.24, 2.45) is 0 Å². The smallest absolute Gasteiger partial charge is 0.306 e. The largest absolute Gasteiger partial charge is 0.454 e. The number of aromatic nitrogens is 1. The van der Waals surface area contributed by atoms with Crippen molar-refractivity contribution in [2.75, 3.05) is 6.79 Å². The molecule has 0 bridgehead atoms. The van der Waals surface area contributed by atoms with Crippen molar-refractivity contribution in [3.63, 3.8) is 0 Å². The first-order valence-electron chi connectivity index (χ1n) is 8.71. The molecule has 0 unspecified atom stereocenters. The van der Waals surface area contributed by atoms with Gasteiger partial charge in [-0.3, -0.25) is 9.59 Å². The number of carbonyl (C=O) groups is 2. The molecule has 2 heterocycles. The van der Waals surface area contributed by atoms with E-state index in [9.17, 15) is 9.59 Å². The van der Waals surface area contributed by atoms with Crippen LogP contribution in [0.25, 0.3) is 0 Å². The molecule has 27 heavy (non-hydrogen) atoms. The summed E-state index contributed by atoms with van der Waals surface area (Å²) in [7, 11) is 0. The van der Waals surface area contributed by atoms with Gasteiger partial charge in [0, 0.05) is 18.5 Å². The predicted molar refractivity (Wildman–Crippen MR) is 94.3 cm³/mol. The van der Waals surface area contributed by atoms with E-state index in [1.54, 1.807) is 19.9 Å². The highest BCUT2D eigenvalue weighted by molar-refractivity contribution is 5.83. The molecule has 0 spiro atoms. The van der Waals surface area contributed by atoms with Gasteiger partial charge < -0.3 is 24.1 Å². The molecule has 0 saturated heterocycles. The number of esters is 1. The van der Waals surface area contributed by atoms with Crippen LogP contribution < -0.4 is 14.8 Å². The number of benzene rings is 1. The van der Waals surface area contributed by atoms with Gasteiger partial charge in [0.05, 0.1) is 5.69 Å². The molecule has 8 heteroatoms. The summed E-state index contributed by atoms with van der Waals surface area (Å²) in [5.41, 5.74) is 2.52. The number of rotatable bonds is 7. The topological polar surface area (TPSA) is 99.9 Å². The number of fused-ring (bicyclic) bond motifs is 1. The fourth-order valence-electron chi connectivity index (χ4n) is 2.78. The summed E-state index contributed by atoms with van der Waals surface area (Å²) in [5, 5.41) is 6.60. The lowest BCUT2D eigenvalue weighted by Gasteiger charge is -2.13. The van der Waals surface area contributed by atoms with E-state index in [4.69, 9.17) is 18.7 Å². The van der Waals surface area contributed by atoms with Crippen LogP contribution in [0.2, 0.25) is 0 Å². The molecule has 0 fully saturated rings. The van der Waals surface area contributed by atoms with Gasteiger partial charge >= 0.3 is 5.97 Å².